The zero-order valence-electron chi connectivity index (χ0n) is 10.0. The van der Waals surface area contributed by atoms with Crippen LogP contribution in [0.15, 0.2) is 17.3 Å². The first-order valence-corrected chi connectivity index (χ1v) is 7.17. The van der Waals surface area contributed by atoms with Gasteiger partial charge in [0.2, 0.25) is 15.9 Å². The predicted molar refractivity (Wildman–Crippen MR) is 63.9 cm³/mol. The molecule has 0 aliphatic carbocycles. The van der Waals surface area contributed by atoms with Crippen LogP contribution >= 0.6 is 0 Å². The van der Waals surface area contributed by atoms with Gasteiger partial charge in [-0.05, 0) is 19.8 Å². The summed E-state index contributed by atoms with van der Waals surface area (Å²) in [4.78, 5) is 11.3. The molecule has 2 atom stereocenters. The average Bonchev–Trinajstić information content (AvgIpc) is 2.82. The molecule has 1 aromatic rings. The largest absolute Gasteiger partial charge is 0.369 e. The molecule has 7 nitrogen and oxygen atoms in total. The maximum atomic E-state index is 12.3. The Morgan fingerprint density at radius 3 is 2.83 bits per heavy atom. The maximum Gasteiger partial charge on any atom is 0.246 e. The van der Waals surface area contributed by atoms with Gasteiger partial charge in [-0.3, -0.25) is 9.89 Å². The normalized spacial score (nSPS) is 26.1. The van der Waals surface area contributed by atoms with Crippen LogP contribution in [-0.4, -0.2) is 41.4 Å². The maximum absolute atomic E-state index is 12.3. The molecule has 1 fully saturated rings. The number of primary amides is 1. The number of amides is 1. The molecule has 1 aliphatic rings. The molecule has 0 bridgehead atoms. The Bertz CT molecular complexity index is 525. The van der Waals surface area contributed by atoms with E-state index < -0.39 is 21.8 Å². The van der Waals surface area contributed by atoms with E-state index in [4.69, 9.17) is 5.73 Å². The molecule has 100 valence electrons. The molecule has 2 heterocycles. The number of hydrogen-bond acceptors (Lipinski definition) is 4. The quantitative estimate of drug-likeness (QED) is 0.786. The van der Waals surface area contributed by atoms with Crippen molar-refractivity contribution in [1.82, 2.24) is 14.5 Å². The molecule has 0 aromatic carbocycles. The third-order valence-corrected chi connectivity index (χ3v) is 5.25. The molecule has 2 rings (SSSR count). The highest BCUT2D eigenvalue weighted by atomic mass is 32.2. The Balaban J connectivity index is 2.28. The fourth-order valence-electron chi connectivity index (χ4n) is 2.16. The van der Waals surface area contributed by atoms with Crippen LogP contribution < -0.4 is 5.73 Å². The number of aromatic nitrogens is 2. The van der Waals surface area contributed by atoms with Gasteiger partial charge in [-0.2, -0.15) is 9.40 Å². The number of sulfonamides is 1. The van der Waals surface area contributed by atoms with Crippen LogP contribution in [0.25, 0.3) is 0 Å². The fourth-order valence-corrected chi connectivity index (χ4v) is 3.77. The standard InChI is InChI=1S/C10H16N4O3S/c1-7-2-3-8(10(11)15)6-14(7)18(16,17)9-4-12-13-5-9/h4-5,7-8H,2-3,6H2,1H3,(H2,11,15)(H,12,13). The van der Waals surface area contributed by atoms with E-state index in [9.17, 15) is 13.2 Å². The molecule has 18 heavy (non-hydrogen) atoms. The smallest absolute Gasteiger partial charge is 0.246 e. The molecule has 1 aliphatic heterocycles. The zero-order valence-corrected chi connectivity index (χ0v) is 10.9. The molecular weight excluding hydrogens is 256 g/mol. The molecule has 1 saturated heterocycles. The highest BCUT2D eigenvalue weighted by Crippen LogP contribution is 2.27. The molecule has 0 spiro atoms. The average molecular weight is 272 g/mol. The molecule has 0 radical (unpaired) electrons. The Hall–Kier alpha value is -1.41. The lowest BCUT2D eigenvalue weighted by Crippen LogP contribution is -2.48. The van der Waals surface area contributed by atoms with Gasteiger partial charge in [-0.15, -0.1) is 0 Å². The molecule has 8 heteroatoms. The Labute approximate surface area is 105 Å². The lowest BCUT2D eigenvalue weighted by molar-refractivity contribution is -0.123. The van der Waals surface area contributed by atoms with Crippen LogP contribution in [-0.2, 0) is 14.8 Å². The Morgan fingerprint density at radius 1 is 1.56 bits per heavy atom. The first-order valence-electron chi connectivity index (χ1n) is 5.73. The topological polar surface area (TPSA) is 109 Å². The van der Waals surface area contributed by atoms with Gasteiger partial charge in [0, 0.05) is 18.8 Å². The summed E-state index contributed by atoms with van der Waals surface area (Å²) in [6, 6.07) is -0.138. The Morgan fingerprint density at radius 2 is 2.28 bits per heavy atom. The summed E-state index contributed by atoms with van der Waals surface area (Å²) in [6.45, 7) is 1.97. The van der Waals surface area contributed by atoms with Crippen LogP contribution in [0.4, 0.5) is 0 Å². The predicted octanol–water partition coefficient (Wildman–Crippen LogP) is -0.316. The van der Waals surface area contributed by atoms with E-state index in [1.807, 2.05) is 6.92 Å². The van der Waals surface area contributed by atoms with Crippen molar-refractivity contribution < 1.29 is 13.2 Å². The summed E-state index contributed by atoms with van der Waals surface area (Å²) in [6.07, 6.45) is 3.85. The highest BCUT2D eigenvalue weighted by Gasteiger charge is 2.37. The molecular formula is C10H16N4O3S. The van der Waals surface area contributed by atoms with E-state index in [1.165, 1.54) is 16.7 Å². The van der Waals surface area contributed by atoms with Crippen molar-refractivity contribution in [2.24, 2.45) is 11.7 Å². The number of rotatable bonds is 3. The van der Waals surface area contributed by atoms with Gasteiger partial charge in [-0.25, -0.2) is 8.42 Å². The van der Waals surface area contributed by atoms with Crippen LogP contribution in [0, 0.1) is 5.92 Å². The van der Waals surface area contributed by atoms with Crippen LogP contribution in [0.5, 0.6) is 0 Å². The van der Waals surface area contributed by atoms with Crippen molar-refractivity contribution in [3.8, 4) is 0 Å². The number of hydrogen-bond donors (Lipinski definition) is 2. The second kappa shape index (κ2) is 4.69. The van der Waals surface area contributed by atoms with Crippen LogP contribution in [0.3, 0.4) is 0 Å². The van der Waals surface area contributed by atoms with Gasteiger partial charge in [0.25, 0.3) is 0 Å². The molecule has 1 aromatic heterocycles. The second-order valence-electron chi connectivity index (χ2n) is 4.53. The van der Waals surface area contributed by atoms with E-state index in [2.05, 4.69) is 10.2 Å². The van der Waals surface area contributed by atoms with Crippen LogP contribution in [0.2, 0.25) is 0 Å². The summed E-state index contributed by atoms with van der Waals surface area (Å²) < 4.78 is 26.0. The van der Waals surface area contributed by atoms with Crippen molar-refractivity contribution in [1.29, 1.82) is 0 Å². The van der Waals surface area contributed by atoms with E-state index in [0.717, 1.165) is 0 Å². The number of nitrogens with zero attached hydrogens (tertiary/aromatic N) is 2. The third kappa shape index (κ3) is 2.25. The SMILES string of the molecule is CC1CCC(C(N)=O)CN1S(=O)(=O)c1cn[nH]c1. The summed E-state index contributed by atoms with van der Waals surface area (Å²) in [5.74, 6) is -0.864. The Kier molecular flexibility index (Phi) is 3.40. The number of aromatic amines is 1. The van der Waals surface area contributed by atoms with Crippen molar-refractivity contribution in [3.63, 3.8) is 0 Å². The van der Waals surface area contributed by atoms with Crippen molar-refractivity contribution in [2.75, 3.05) is 6.54 Å². The monoisotopic (exact) mass is 272 g/mol. The van der Waals surface area contributed by atoms with Gasteiger partial charge in [0.05, 0.1) is 12.1 Å². The molecule has 1 amide bonds. The minimum Gasteiger partial charge on any atom is -0.369 e. The number of carbonyl (C=O) groups excluding carboxylic acids is 1. The van der Waals surface area contributed by atoms with Crippen molar-refractivity contribution in [3.05, 3.63) is 12.4 Å². The third-order valence-electron chi connectivity index (χ3n) is 3.31. The van der Waals surface area contributed by atoms with E-state index in [-0.39, 0.29) is 17.5 Å². The van der Waals surface area contributed by atoms with E-state index in [1.54, 1.807) is 0 Å². The number of nitrogens with one attached hydrogen (secondary N) is 1. The number of H-pyrrole nitrogens is 1. The fraction of sp³-hybridized carbons (Fsp3) is 0.600. The minimum atomic E-state index is -3.60. The van der Waals surface area contributed by atoms with Gasteiger partial charge < -0.3 is 5.73 Å². The van der Waals surface area contributed by atoms with E-state index in [0.29, 0.717) is 12.8 Å². The second-order valence-corrected chi connectivity index (χ2v) is 6.42. The minimum absolute atomic E-state index is 0.111. The zero-order chi connectivity index (χ0) is 13.3. The summed E-state index contributed by atoms with van der Waals surface area (Å²) >= 11 is 0. The van der Waals surface area contributed by atoms with Crippen LogP contribution in [0.1, 0.15) is 19.8 Å². The summed E-state index contributed by atoms with van der Waals surface area (Å²) in [7, 11) is -3.60. The molecule has 2 unspecified atom stereocenters. The number of piperidine rings is 1. The van der Waals surface area contributed by atoms with Gasteiger partial charge in [0.1, 0.15) is 4.90 Å². The number of nitrogens with two attached hydrogens (primary N) is 1. The first-order chi connectivity index (χ1) is 8.43. The summed E-state index contributed by atoms with van der Waals surface area (Å²) in [5, 5.41) is 6.12. The summed E-state index contributed by atoms with van der Waals surface area (Å²) in [5.41, 5.74) is 5.26. The lowest BCUT2D eigenvalue weighted by atomic mass is 9.95. The first kappa shape index (κ1) is 13.0. The van der Waals surface area contributed by atoms with Crippen molar-refractivity contribution in [2.45, 2.75) is 30.7 Å². The van der Waals surface area contributed by atoms with E-state index >= 15 is 0 Å². The van der Waals surface area contributed by atoms with Gasteiger partial charge in [-0.1, -0.05) is 0 Å². The highest BCUT2D eigenvalue weighted by molar-refractivity contribution is 7.89. The molecule has 3 N–H and O–H groups in total. The van der Waals surface area contributed by atoms with Gasteiger partial charge >= 0.3 is 0 Å². The van der Waals surface area contributed by atoms with Crippen molar-refractivity contribution >= 4 is 15.9 Å². The van der Waals surface area contributed by atoms with Gasteiger partial charge in [0.15, 0.2) is 0 Å². The molecule has 0 saturated carbocycles. The number of carbonyl (C=O) groups is 1. The lowest BCUT2D eigenvalue weighted by Gasteiger charge is -2.35.